The van der Waals surface area contributed by atoms with Crippen LogP contribution < -0.4 is 10.6 Å². The third kappa shape index (κ3) is 3.68. The summed E-state index contributed by atoms with van der Waals surface area (Å²) in [7, 11) is 0. The van der Waals surface area contributed by atoms with E-state index in [2.05, 4.69) is 15.6 Å². The first-order chi connectivity index (χ1) is 12.0. The number of nitrogens with one attached hydrogen (secondary N) is 2. The van der Waals surface area contributed by atoms with Crippen LogP contribution in [0.2, 0.25) is 5.02 Å². The monoisotopic (exact) mass is 381 g/mol. The number of hydrogen-bond acceptors (Lipinski definition) is 6. The Morgan fingerprint density at radius 1 is 1.48 bits per heavy atom. The maximum Gasteiger partial charge on any atom is 0.337 e. The average molecular weight is 382 g/mol. The third-order valence-electron chi connectivity index (χ3n) is 3.85. The highest BCUT2D eigenvalue weighted by Crippen LogP contribution is 2.36. The molecule has 5 nitrogen and oxygen atoms in total. The molecule has 3 rings (SSSR count). The van der Waals surface area contributed by atoms with E-state index in [0.717, 1.165) is 5.01 Å². The van der Waals surface area contributed by atoms with Gasteiger partial charge in [0.05, 0.1) is 18.2 Å². The van der Waals surface area contributed by atoms with Crippen molar-refractivity contribution in [3.05, 3.63) is 62.5 Å². The molecule has 1 aromatic heterocycles. The number of benzene rings is 1. The Bertz CT molecular complexity index is 810. The van der Waals surface area contributed by atoms with Gasteiger partial charge in [0.15, 0.2) is 0 Å². The standard InChI is InChI=1S/C17H17ClFN3O2S/c1-3-24-17(23)13-9(2)21-15(16-20-6-7-25-16)22-14(13)11-5-4-10(19)8-12(11)18/h4-8,14-15,21-22H,3H2,1-2H3. The van der Waals surface area contributed by atoms with Gasteiger partial charge in [0.1, 0.15) is 17.0 Å². The zero-order valence-corrected chi connectivity index (χ0v) is 15.2. The van der Waals surface area contributed by atoms with Gasteiger partial charge < -0.3 is 10.1 Å². The minimum Gasteiger partial charge on any atom is -0.463 e. The molecule has 25 heavy (non-hydrogen) atoms. The minimum atomic E-state index is -0.540. The second-order valence-corrected chi connectivity index (χ2v) is 6.81. The second kappa shape index (κ2) is 7.51. The lowest BCUT2D eigenvalue weighted by molar-refractivity contribution is -0.139. The fourth-order valence-electron chi connectivity index (χ4n) is 2.77. The van der Waals surface area contributed by atoms with Crippen LogP contribution >= 0.6 is 22.9 Å². The van der Waals surface area contributed by atoms with Crippen molar-refractivity contribution in [1.82, 2.24) is 15.6 Å². The van der Waals surface area contributed by atoms with E-state index in [4.69, 9.17) is 16.3 Å². The van der Waals surface area contributed by atoms with Crippen LogP contribution in [0, 0.1) is 5.82 Å². The summed E-state index contributed by atoms with van der Waals surface area (Å²) in [6.45, 7) is 3.81. The second-order valence-electron chi connectivity index (χ2n) is 5.47. The zero-order chi connectivity index (χ0) is 18.0. The number of carbonyl (C=O) groups excluding carboxylic acids is 1. The van der Waals surface area contributed by atoms with Gasteiger partial charge >= 0.3 is 5.97 Å². The molecule has 0 amide bonds. The molecule has 0 bridgehead atoms. The lowest BCUT2D eigenvalue weighted by Gasteiger charge is -2.34. The van der Waals surface area contributed by atoms with E-state index < -0.39 is 17.8 Å². The summed E-state index contributed by atoms with van der Waals surface area (Å²) in [5.41, 5.74) is 1.69. The van der Waals surface area contributed by atoms with Crippen LogP contribution in [-0.2, 0) is 9.53 Å². The van der Waals surface area contributed by atoms with Crippen LogP contribution in [0.1, 0.15) is 36.6 Å². The largest absolute Gasteiger partial charge is 0.463 e. The van der Waals surface area contributed by atoms with Crippen molar-refractivity contribution in [1.29, 1.82) is 0 Å². The normalized spacial score (nSPS) is 20.3. The number of thiazole rings is 1. The summed E-state index contributed by atoms with van der Waals surface area (Å²) in [5.74, 6) is -0.875. The Balaban J connectivity index is 2.05. The quantitative estimate of drug-likeness (QED) is 0.790. The van der Waals surface area contributed by atoms with Gasteiger partial charge in [-0.15, -0.1) is 11.3 Å². The van der Waals surface area contributed by atoms with Crippen LogP contribution in [0.4, 0.5) is 4.39 Å². The smallest absolute Gasteiger partial charge is 0.337 e. The predicted molar refractivity (Wildman–Crippen MR) is 94.6 cm³/mol. The van der Waals surface area contributed by atoms with Gasteiger partial charge in [-0.2, -0.15) is 0 Å². The van der Waals surface area contributed by atoms with Gasteiger partial charge in [0, 0.05) is 22.3 Å². The molecular weight excluding hydrogens is 365 g/mol. The van der Waals surface area contributed by atoms with Crippen molar-refractivity contribution in [2.24, 2.45) is 0 Å². The molecule has 0 aliphatic carbocycles. The lowest BCUT2D eigenvalue weighted by Crippen LogP contribution is -2.44. The fraction of sp³-hybridized carbons (Fsp3) is 0.294. The molecule has 0 radical (unpaired) electrons. The number of aromatic nitrogens is 1. The zero-order valence-electron chi connectivity index (χ0n) is 13.7. The Labute approximate surface area is 153 Å². The molecule has 0 saturated carbocycles. The van der Waals surface area contributed by atoms with Crippen molar-refractivity contribution in [2.75, 3.05) is 6.61 Å². The van der Waals surface area contributed by atoms with Gasteiger partial charge in [-0.25, -0.2) is 14.2 Å². The first-order valence-corrected chi connectivity index (χ1v) is 9.01. The number of carbonyl (C=O) groups is 1. The van der Waals surface area contributed by atoms with Gasteiger partial charge in [-0.3, -0.25) is 5.32 Å². The van der Waals surface area contributed by atoms with E-state index in [1.165, 1.54) is 23.5 Å². The van der Waals surface area contributed by atoms with Crippen LogP contribution in [0.15, 0.2) is 41.0 Å². The van der Waals surface area contributed by atoms with Gasteiger partial charge in [-0.05, 0) is 31.5 Å². The van der Waals surface area contributed by atoms with E-state index in [9.17, 15) is 9.18 Å². The van der Waals surface area contributed by atoms with E-state index in [-0.39, 0.29) is 17.8 Å². The molecule has 2 N–H and O–H groups in total. The van der Waals surface area contributed by atoms with Gasteiger partial charge in [0.2, 0.25) is 0 Å². The average Bonchev–Trinajstić information content (AvgIpc) is 3.08. The Kier molecular flexibility index (Phi) is 5.36. The number of esters is 1. The van der Waals surface area contributed by atoms with Crippen LogP contribution in [-0.4, -0.2) is 17.6 Å². The molecule has 2 aromatic rings. The molecular formula is C17H17ClFN3O2S. The number of hydrogen-bond donors (Lipinski definition) is 2. The summed E-state index contributed by atoms with van der Waals surface area (Å²) in [4.78, 5) is 16.8. The molecule has 1 aliphatic heterocycles. The topological polar surface area (TPSA) is 63.2 Å². The first kappa shape index (κ1) is 17.8. The molecule has 1 aromatic carbocycles. The van der Waals surface area contributed by atoms with E-state index in [0.29, 0.717) is 16.8 Å². The molecule has 0 fully saturated rings. The molecule has 0 spiro atoms. The maximum absolute atomic E-state index is 13.4. The minimum absolute atomic E-state index is 0.242. The fourth-order valence-corrected chi connectivity index (χ4v) is 3.70. The molecule has 2 atom stereocenters. The predicted octanol–water partition coefficient (Wildman–Crippen LogP) is 3.71. The molecule has 132 valence electrons. The van der Waals surface area contributed by atoms with Crippen LogP contribution in [0.25, 0.3) is 0 Å². The molecule has 2 unspecified atom stereocenters. The summed E-state index contributed by atoms with van der Waals surface area (Å²) in [6.07, 6.45) is 1.42. The highest BCUT2D eigenvalue weighted by atomic mass is 35.5. The van der Waals surface area contributed by atoms with Crippen molar-refractivity contribution in [3.63, 3.8) is 0 Å². The van der Waals surface area contributed by atoms with Crippen molar-refractivity contribution in [2.45, 2.75) is 26.1 Å². The van der Waals surface area contributed by atoms with Crippen molar-refractivity contribution < 1.29 is 13.9 Å². The van der Waals surface area contributed by atoms with E-state index in [1.807, 2.05) is 5.38 Å². The van der Waals surface area contributed by atoms with E-state index >= 15 is 0 Å². The SMILES string of the molecule is CCOC(=O)C1=C(C)NC(c2nccs2)NC1c1ccc(F)cc1Cl. The molecule has 1 aliphatic rings. The molecule has 2 heterocycles. The van der Waals surface area contributed by atoms with Crippen LogP contribution in [0.5, 0.6) is 0 Å². The van der Waals surface area contributed by atoms with Crippen molar-refractivity contribution in [3.8, 4) is 0 Å². The Hall–Kier alpha value is -1.96. The van der Waals surface area contributed by atoms with Crippen LogP contribution in [0.3, 0.4) is 0 Å². The van der Waals surface area contributed by atoms with Gasteiger partial charge in [-0.1, -0.05) is 17.7 Å². The Morgan fingerprint density at radius 2 is 2.28 bits per heavy atom. The first-order valence-electron chi connectivity index (χ1n) is 7.76. The highest BCUT2D eigenvalue weighted by molar-refractivity contribution is 7.09. The van der Waals surface area contributed by atoms with E-state index in [1.54, 1.807) is 26.1 Å². The summed E-state index contributed by atoms with van der Waals surface area (Å²) in [5, 5.41) is 9.50. The lowest BCUT2D eigenvalue weighted by atomic mass is 9.94. The Morgan fingerprint density at radius 3 is 2.92 bits per heavy atom. The summed E-state index contributed by atoms with van der Waals surface area (Å²) in [6, 6.07) is 3.59. The maximum atomic E-state index is 13.4. The van der Waals surface area contributed by atoms with Gasteiger partial charge in [0.25, 0.3) is 0 Å². The van der Waals surface area contributed by atoms with Crippen molar-refractivity contribution >= 4 is 28.9 Å². The number of nitrogens with zero attached hydrogens (tertiary/aromatic N) is 1. The highest BCUT2D eigenvalue weighted by Gasteiger charge is 2.35. The summed E-state index contributed by atoms with van der Waals surface area (Å²) < 4.78 is 18.6. The molecule has 0 saturated heterocycles. The number of rotatable bonds is 4. The number of halogens is 2. The summed E-state index contributed by atoms with van der Waals surface area (Å²) >= 11 is 7.73. The number of allylic oxidation sites excluding steroid dienone is 1. The molecule has 8 heteroatoms. The third-order valence-corrected chi connectivity index (χ3v) is 5.02. The number of ether oxygens (including phenoxy) is 1.